The quantitative estimate of drug-likeness (QED) is 0.410. The largest absolute Gasteiger partial charge is 0.466 e. The van der Waals surface area contributed by atoms with E-state index >= 15 is 0 Å². The molecule has 3 unspecified atom stereocenters. The van der Waals surface area contributed by atoms with Gasteiger partial charge in [-0.2, -0.15) is 0 Å². The first-order valence-corrected chi connectivity index (χ1v) is 12.8. The number of allylic oxidation sites excluding steroid dienone is 1. The van der Waals surface area contributed by atoms with E-state index in [9.17, 15) is 14.4 Å². The van der Waals surface area contributed by atoms with Gasteiger partial charge in [-0.25, -0.2) is 4.79 Å². The fourth-order valence-corrected chi connectivity index (χ4v) is 9.50. The molecular weight excluding hydrogens is 416 g/mol. The van der Waals surface area contributed by atoms with E-state index in [1.807, 2.05) is 6.08 Å². The van der Waals surface area contributed by atoms with Crippen molar-refractivity contribution in [2.75, 3.05) is 13.7 Å². The summed E-state index contributed by atoms with van der Waals surface area (Å²) in [7, 11) is 1.39. The molecule has 0 radical (unpaired) electrons. The molecule has 4 rings (SSSR count). The molecule has 3 saturated carbocycles. The molecule has 0 heterocycles. The van der Waals surface area contributed by atoms with E-state index in [0.717, 1.165) is 44.8 Å². The Morgan fingerprint density at radius 1 is 1.00 bits per heavy atom. The van der Waals surface area contributed by atoms with Crippen molar-refractivity contribution >= 4 is 18.2 Å². The van der Waals surface area contributed by atoms with Gasteiger partial charge in [0.1, 0.15) is 6.29 Å². The number of esters is 2. The van der Waals surface area contributed by atoms with Crippen molar-refractivity contribution in [2.24, 2.45) is 45.3 Å². The minimum absolute atomic E-state index is 0.00916. The van der Waals surface area contributed by atoms with E-state index in [4.69, 9.17) is 9.47 Å². The summed E-state index contributed by atoms with van der Waals surface area (Å²) in [6.45, 7) is 11.5. The van der Waals surface area contributed by atoms with Crippen LogP contribution >= 0.6 is 0 Å². The van der Waals surface area contributed by atoms with E-state index < -0.39 is 5.92 Å². The van der Waals surface area contributed by atoms with Crippen LogP contribution in [0.15, 0.2) is 11.6 Å². The van der Waals surface area contributed by atoms with Crippen LogP contribution in [0.4, 0.5) is 0 Å². The number of fused-ring (bicyclic) bond motifs is 5. The monoisotopic (exact) mass is 458 g/mol. The van der Waals surface area contributed by atoms with Crippen molar-refractivity contribution in [2.45, 2.75) is 86.0 Å². The summed E-state index contributed by atoms with van der Waals surface area (Å²) in [6, 6.07) is 0. The first kappa shape index (κ1) is 24.5. The molecule has 0 spiro atoms. The van der Waals surface area contributed by atoms with E-state index in [0.29, 0.717) is 29.9 Å². The zero-order valence-corrected chi connectivity index (χ0v) is 21.4. The van der Waals surface area contributed by atoms with Crippen LogP contribution in [0.1, 0.15) is 86.0 Å². The van der Waals surface area contributed by atoms with Crippen LogP contribution in [0.5, 0.6) is 0 Å². The summed E-state index contributed by atoms with van der Waals surface area (Å²) in [6.07, 6.45) is 11.5. The van der Waals surface area contributed by atoms with Crippen LogP contribution in [0.25, 0.3) is 0 Å². The molecule has 0 aromatic rings. The molecule has 0 saturated heterocycles. The van der Waals surface area contributed by atoms with E-state index in [1.165, 1.54) is 26.9 Å². The molecule has 7 atom stereocenters. The molecule has 0 aliphatic heterocycles. The lowest BCUT2D eigenvalue weighted by atomic mass is 9.35. The zero-order valence-electron chi connectivity index (χ0n) is 21.4. The zero-order chi connectivity index (χ0) is 24.2. The van der Waals surface area contributed by atoms with Crippen LogP contribution in [-0.2, 0) is 23.9 Å². The van der Waals surface area contributed by atoms with Gasteiger partial charge in [-0.05, 0) is 78.9 Å². The number of aldehydes is 1. The van der Waals surface area contributed by atoms with E-state index in [-0.39, 0.29) is 33.6 Å². The average molecular weight is 459 g/mol. The molecule has 184 valence electrons. The van der Waals surface area contributed by atoms with Gasteiger partial charge in [-0.1, -0.05) is 40.2 Å². The molecule has 5 nitrogen and oxygen atoms in total. The predicted molar refractivity (Wildman–Crippen MR) is 126 cm³/mol. The number of hydrogen-bond donors (Lipinski definition) is 0. The lowest BCUT2D eigenvalue weighted by Crippen LogP contribution is -2.64. The van der Waals surface area contributed by atoms with Crippen LogP contribution < -0.4 is 0 Å². The van der Waals surface area contributed by atoms with E-state index in [2.05, 4.69) is 27.7 Å². The molecule has 4 aliphatic rings. The Hall–Kier alpha value is -1.65. The highest BCUT2D eigenvalue weighted by atomic mass is 16.5. The average Bonchev–Trinajstić information content (AvgIpc) is 2.75. The SMILES string of the molecule is COC(=O)C1=CCC2[C@]3(C)CCC4C(C)(C)CCC[C@]4(COC(C)=O)C3CC[C@]2(C)[C@H]1C=O. The second-order valence-electron chi connectivity index (χ2n) is 12.6. The molecular formula is C28H42O5. The highest BCUT2D eigenvalue weighted by Crippen LogP contribution is 2.73. The number of rotatable bonds is 4. The maximum absolute atomic E-state index is 12.5. The molecule has 0 bridgehead atoms. The van der Waals surface area contributed by atoms with Crippen LogP contribution in [0.2, 0.25) is 0 Å². The Morgan fingerprint density at radius 3 is 2.30 bits per heavy atom. The van der Waals surface area contributed by atoms with Gasteiger partial charge in [0.2, 0.25) is 0 Å². The second kappa shape index (κ2) is 8.23. The lowest BCUT2D eigenvalue weighted by Gasteiger charge is -2.69. The first-order valence-electron chi connectivity index (χ1n) is 12.8. The van der Waals surface area contributed by atoms with Crippen LogP contribution in [0.3, 0.4) is 0 Å². The highest BCUT2D eigenvalue weighted by molar-refractivity contribution is 5.93. The number of ether oxygens (including phenoxy) is 2. The van der Waals surface area contributed by atoms with Crippen LogP contribution in [-0.4, -0.2) is 31.9 Å². The summed E-state index contributed by atoms with van der Waals surface area (Å²) in [4.78, 5) is 36.8. The summed E-state index contributed by atoms with van der Waals surface area (Å²) in [5.74, 6) is 0.305. The fourth-order valence-electron chi connectivity index (χ4n) is 9.50. The Kier molecular flexibility index (Phi) is 6.11. The van der Waals surface area contributed by atoms with Gasteiger partial charge in [0.15, 0.2) is 0 Å². The van der Waals surface area contributed by atoms with Crippen molar-refractivity contribution in [3.8, 4) is 0 Å². The van der Waals surface area contributed by atoms with Gasteiger partial charge in [-0.3, -0.25) is 4.79 Å². The van der Waals surface area contributed by atoms with Crippen molar-refractivity contribution in [1.29, 1.82) is 0 Å². The Morgan fingerprint density at radius 2 is 1.67 bits per heavy atom. The molecule has 0 amide bonds. The highest BCUT2D eigenvalue weighted by Gasteiger charge is 2.67. The Balaban J connectivity index is 1.78. The van der Waals surface area contributed by atoms with Gasteiger partial charge < -0.3 is 14.3 Å². The molecule has 0 aromatic carbocycles. The fraction of sp³-hybridized carbons (Fsp3) is 0.821. The van der Waals surface area contributed by atoms with Gasteiger partial charge >= 0.3 is 11.9 Å². The predicted octanol–water partition coefficient (Wildman–Crippen LogP) is 5.51. The number of hydrogen-bond acceptors (Lipinski definition) is 5. The minimum Gasteiger partial charge on any atom is -0.466 e. The smallest absolute Gasteiger partial charge is 0.334 e. The molecule has 5 heteroatoms. The molecule has 3 fully saturated rings. The number of methoxy groups -OCH3 is 1. The third-order valence-corrected chi connectivity index (χ3v) is 10.8. The molecule has 33 heavy (non-hydrogen) atoms. The van der Waals surface area contributed by atoms with Gasteiger partial charge in [0.05, 0.1) is 19.6 Å². The van der Waals surface area contributed by atoms with Crippen molar-refractivity contribution in [3.63, 3.8) is 0 Å². The molecule has 0 aromatic heterocycles. The lowest BCUT2D eigenvalue weighted by molar-refractivity contribution is -0.221. The number of carbonyl (C=O) groups excluding carboxylic acids is 3. The van der Waals surface area contributed by atoms with Crippen molar-refractivity contribution in [3.05, 3.63) is 11.6 Å². The summed E-state index contributed by atoms with van der Waals surface area (Å²) >= 11 is 0. The van der Waals surface area contributed by atoms with Gasteiger partial charge in [0.25, 0.3) is 0 Å². The first-order chi connectivity index (χ1) is 15.5. The van der Waals surface area contributed by atoms with Crippen molar-refractivity contribution in [1.82, 2.24) is 0 Å². The third kappa shape index (κ3) is 3.51. The van der Waals surface area contributed by atoms with Gasteiger partial charge in [0, 0.05) is 17.9 Å². The third-order valence-electron chi connectivity index (χ3n) is 10.8. The van der Waals surface area contributed by atoms with Crippen molar-refractivity contribution < 1.29 is 23.9 Å². The molecule has 4 aliphatic carbocycles. The second-order valence-corrected chi connectivity index (χ2v) is 12.6. The minimum atomic E-state index is -0.425. The topological polar surface area (TPSA) is 69.7 Å². The standard InChI is InChI=1S/C28H42O5/c1-18(30)33-17-28-13-7-12-25(2,3)21(28)10-15-27(5)22-9-8-19(24(31)32-6)20(16-29)26(22,4)14-11-23(27)28/h8,16,20-23H,7,9-15,17H2,1-6H3/t20-,21?,22?,23?,26+,27-,28+/m0/s1. The maximum atomic E-state index is 12.5. The van der Waals surface area contributed by atoms with Crippen LogP contribution in [0, 0.1) is 45.3 Å². The van der Waals surface area contributed by atoms with Gasteiger partial charge in [-0.15, -0.1) is 0 Å². The summed E-state index contributed by atoms with van der Waals surface area (Å²) < 4.78 is 10.9. The normalized spacial score (nSPS) is 43.8. The summed E-state index contributed by atoms with van der Waals surface area (Å²) in [5, 5.41) is 0. The maximum Gasteiger partial charge on any atom is 0.334 e. The Labute approximate surface area is 199 Å². The van der Waals surface area contributed by atoms with E-state index in [1.54, 1.807) is 0 Å². The molecule has 0 N–H and O–H groups in total. The summed E-state index contributed by atoms with van der Waals surface area (Å²) in [5.41, 5.74) is 0.540. The number of carbonyl (C=O) groups is 3. The Bertz CT molecular complexity index is 858.